The van der Waals surface area contributed by atoms with Gasteiger partial charge in [-0.25, -0.2) is 13.8 Å². The van der Waals surface area contributed by atoms with Crippen molar-refractivity contribution in [2.45, 2.75) is 0 Å². The minimum Gasteiger partial charge on any atom is -0.397 e. The van der Waals surface area contributed by atoms with Gasteiger partial charge in [-0.3, -0.25) is 0 Å². The Balaban J connectivity index is 1.72. The second-order valence-electron chi connectivity index (χ2n) is 4.99. The van der Waals surface area contributed by atoms with Crippen molar-refractivity contribution in [1.29, 1.82) is 0 Å². The van der Waals surface area contributed by atoms with Gasteiger partial charge in [0.1, 0.15) is 5.82 Å². The van der Waals surface area contributed by atoms with Crippen LogP contribution in [0.3, 0.4) is 0 Å². The molecule has 0 radical (unpaired) electrons. The van der Waals surface area contributed by atoms with E-state index in [0.717, 1.165) is 23.6 Å². The SMILES string of the molecule is Nc1ccccc1N1CCN(c2ncc(F)cc2F)CC1. The lowest BCUT2D eigenvalue weighted by atomic mass is 10.2. The molecule has 0 spiro atoms. The van der Waals surface area contributed by atoms with Crippen LogP contribution in [0.4, 0.5) is 26.0 Å². The van der Waals surface area contributed by atoms with Gasteiger partial charge < -0.3 is 15.5 Å². The number of nitrogen functional groups attached to an aromatic ring is 1. The smallest absolute Gasteiger partial charge is 0.168 e. The van der Waals surface area contributed by atoms with Gasteiger partial charge in [0.25, 0.3) is 0 Å². The zero-order valence-electron chi connectivity index (χ0n) is 11.5. The number of hydrogen-bond donors (Lipinski definition) is 1. The number of hydrogen-bond acceptors (Lipinski definition) is 4. The molecule has 0 saturated carbocycles. The van der Waals surface area contributed by atoms with Crippen LogP contribution in [-0.2, 0) is 0 Å². The van der Waals surface area contributed by atoms with Gasteiger partial charge in [0.15, 0.2) is 11.6 Å². The lowest BCUT2D eigenvalue weighted by molar-refractivity contribution is 0.558. The van der Waals surface area contributed by atoms with Gasteiger partial charge >= 0.3 is 0 Å². The summed E-state index contributed by atoms with van der Waals surface area (Å²) in [5, 5.41) is 0. The molecular formula is C15H16F2N4. The second-order valence-corrected chi connectivity index (χ2v) is 4.99. The van der Waals surface area contributed by atoms with Crippen molar-refractivity contribution in [2.75, 3.05) is 41.7 Å². The molecule has 2 N–H and O–H groups in total. The van der Waals surface area contributed by atoms with E-state index in [4.69, 9.17) is 5.73 Å². The summed E-state index contributed by atoms with van der Waals surface area (Å²) in [7, 11) is 0. The Morgan fingerprint density at radius 3 is 2.33 bits per heavy atom. The van der Waals surface area contributed by atoms with Crippen molar-refractivity contribution in [3.05, 3.63) is 48.2 Å². The average molecular weight is 290 g/mol. The lowest BCUT2D eigenvalue weighted by Crippen LogP contribution is -2.47. The predicted molar refractivity (Wildman–Crippen MR) is 79.4 cm³/mol. The van der Waals surface area contributed by atoms with E-state index >= 15 is 0 Å². The quantitative estimate of drug-likeness (QED) is 0.862. The number of para-hydroxylation sites is 2. The maximum atomic E-state index is 13.7. The van der Waals surface area contributed by atoms with Gasteiger partial charge in [-0.05, 0) is 12.1 Å². The molecule has 0 amide bonds. The normalized spacial score (nSPS) is 15.3. The summed E-state index contributed by atoms with van der Waals surface area (Å²) in [6, 6.07) is 8.54. The van der Waals surface area contributed by atoms with E-state index in [1.165, 1.54) is 0 Å². The average Bonchev–Trinajstić information content (AvgIpc) is 2.48. The first kappa shape index (κ1) is 13.6. The first-order chi connectivity index (χ1) is 10.1. The summed E-state index contributed by atoms with van der Waals surface area (Å²) >= 11 is 0. The summed E-state index contributed by atoms with van der Waals surface area (Å²) in [6.45, 7) is 2.66. The van der Waals surface area contributed by atoms with E-state index in [9.17, 15) is 8.78 Å². The van der Waals surface area contributed by atoms with Crippen LogP contribution in [0, 0.1) is 11.6 Å². The molecule has 3 rings (SSSR count). The van der Waals surface area contributed by atoms with E-state index in [1.807, 2.05) is 29.2 Å². The molecule has 6 heteroatoms. The molecule has 1 fully saturated rings. The van der Waals surface area contributed by atoms with Crippen LogP contribution in [0.2, 0.25) is 0 Å². The molecule has 2 heterocycles. The molecule has 1 aliphatic heterocycles. The Kier molecular flexibility index (Phi) is 3.60. The number of benzene rings is 1. The van der Waals surface area contributed by atoms with Gasteiger partial charge in [0.2, 0.25) is 0 Å². The van der Waals surface area contributed by atoms with Crippen LogP contribution in [-0.4, -0.2) is 31.2 Å². The van der Waals surface area contributed by atoms with Crippen LogP contribution in [0.25, 0.3) is 0 Å². The highest BCUT2D eigenvalue weighted by Crippen LogP contribution is 2.25. The third kappa shape index (κ3) is 2.74. The molecule has 1 saturated heterocycles. The highest BCUT2D eigenvalue weighted by atomic mass is 19.1. The van der Waals surface area contributed by atoms with Crippen molar-refractivity contribution in [2.24, 2.45) is 0 Å². The number of rotatable bonds is 2. The maximum absolute atomic E-state index is 13.7. The van der Waals surface area contributed by atoms with Gasteiger partial charge in [0, 0.05) is 32.2 Å². The summed E-state index contributed by atoms with van der Waals surface area (Å²) in [6.07, 6.45) is 1.04. The highest BCUT2D eigenvalue weighted by molar-refractivity contribution is 5.67. The van der Waals surface area contributed by atoms with Crippen molar-refractivity contribution >= 4 is 17.2 Å². The van der Waals surface area contributed by atoms with Gasteiger partial charge in [-0.1, -0.05) is 12.1 Å². The molecule has 110 valence electrons. The van der Waals surface area contributed by atoms with E-state index in [-0.39, 0.29) is 5.82 Å². The molecular weight excluding hydrogens is 274 g/mol. The molecule has 2 aromatic rings. The molecule has 0 bridgehead atoms. The fourth-order valence-corrected chi connectivity index (χ4v) is 2.57. The van der Waals surface area contributed by atoms with E-state index in [2.05, 4.69) is 9.88 Å². The fraction of sp³-hybridized carbons (Fsp3) is 0.267. The Bertz CT molecular complexity index is 639. The fourth-order valence-electron chi connectivity index (χ4n) is 2.57. The molecule has 0 aliphatic carbocycles. The van der Waals surface area contributed by atoms with E-state index in [0.29, 0.717) is 26.2 Å². The highest BCUT2D eigenvalue weighted by Gasteiger charge is 2.21. The van der Waals surface area contributed by atoms with Crippen molar-refractivity contribution < 1.29 is 8.78 Å². The number of nitrogens with zero attached hydrogens (tertiary/aromatic N) is 3. The number of piperazine rings is 1. The summed E-state index contributed by atoms with van der Waals surface area (Å²) in [4.78, 5) is 7.83. The van der Waals surface area contributed by atoms with Crippen LogP contribution < -0.4 is 15.5 Å². The number of aromatic nitrogens is 1. The zero-order chi connectivity index (χ0) is 14.8. The summed E-state index contributed by atoms with van der Waals surface area (Å²) in [5.41, 5.74) is 7.69. The number of halogens is 2. The topological polar surface area (TPSA) is 45.4 Å². The summed E-state index contributed by atoms with van der Waals surface area (Å²) < 4.78 is 26.6. The molecule has 0 atom stereocenters. The summed E-state index contributed by atoms with van der Waals surface area (Å²) in [5.74, 6) is -1.08. The molecule has 1 aromatic carbocycles. The first-order valence-electron chi connectivity index (χ1n) is 6.80. The molecule has 4 nitrogen and oxygen atoms in total. The van der Waals surface area contributed by atoms with Crippen molar-refractivity contribution in [3.8, 4) is 0 Å². The number of anilines is 3. The molecule has 1 aliphatic rings. The van der Waals surface area contributed by atoms with Crippen molar-refractivity contribution in [3.63, 3.8) is 0 Å². The monoisotopic (exact) mass is 290 g/mol. The Labute approximate surface area is 121 Å². The van der Waals surface area contributed by atoms with Crippen LogP contribution in [0.1, 0.15) is 0 Å². The standard InChI is InChI=1S/C15H16F2N4/c16-11-9-12(17)15(19-10-11)21-7-5-20(6-8-21)14-4-2-1-3-13(14)18/h1-4,9-10H,5-8,18H2. The largest absolute Gasteiger partial charge is 0.397 e. The third-order valence-corrected chi connectivity index (χ3v) is 3.65. The van der Waals surface area contributed by atoms with Crippen LogP contribution in [0.5, 0.6) is 0 Å². The number of pyridine rings is 1. The van der Waals surface area contributed by atoms with Crippen molar-refractivity contribution in [1.82, 2.24) is 4.98 Å². The minimum absolute atomic E-state index is 0.206. The Morgan fingerprint density at radius 1 is 1.00 bits per heavy atom. The van der Waals surface area contributed by atoms with Gasteiger partial charge in [-0.15, -0.1) is 0 Å². The molecule has 0 unspecified atom stereocenters. The molecule has 21 heavy (non-hydrogen) atoms. The van der Waals surface area contributed by atoms with Crippen LogP contribution >= 0.6 is 0 Å². The van der Waals surface area contributed by atoms with E-state index < -0.39 is 11.6 Å². The van der Waals surface area contributed by atoms with Gasteiger partial charge in [-0.2, -0.15) is 0 Å². The third-order valence-electron chi connectivity index (χ3n) is 3.65. The Hall–Kier alpha value is -2.37. The number of nitrogens with two attached hydrogens (primary N) is 1. The van der Waals surface area contributed by atoms with E-state index in [1.54, 1.807) is 0 Å². The van der Waals surface area contributed by atoms with Gasteiger partial charge in [0.05, 0.1) is 17.6 Å². The van der Waals surface area contributed by atoms with Crippen LogP contribution in [0.15, 0.2) is 36.5 Å². The predicted octanol–water partition coefficient (Wildman–Crippen LogP) is 2.27. The maximum Gasteiger partial charge on any atom is 0.168 e. The zero-order valence-corrected chi connectivity index (χ0v) is 11.5. The second kappa shape index (κ2) is 5.55. The lowest BCUT2D eigenvalue weighted by Gasteiger charge is -2.37. The minimum atomic E-state index is -0.660. The first-order valence-corrected chi connectivity index (χ1v) is 6.80. The Morgan fingerprint density at radius 2 is 1.67 bits per heavy atom. The molecule has 1 aromatic heterocycles.